The summed E-state index contributed by atoms with van der Waals surface area (Å²) in [6.07, 6.45) is 3.63. The minimum absolute atomic E-state index is 0.0801. The van der Waals surface area contributed by atoms with Gasteiger partial charge in [0.25, 0.3) is 10.0 Å². The number of ether oxygens (including phenoxy) is 2. The highest BCUT2D eigenvalue weighted by atomic mass is 35.5. The van der Waals surface area contributed by atoms with Crippen molar-refractivity contribution in [2.45, 2.75) is 31.1 Å². The van der Waals surface area contributed by atoms with Crippen molar-refractivity contribution in [2.75, 3.05) is 30.4 Å². The van der Waals surface area contributed by atoms with Crippen LogP contribution >= 0.6 is 34.5 Å². The lowest BCUT2D eigenvalue weighted by molar-refractivity contribution is -0.117. The number of aromatic nitrogens is 2. The molecule has 0 spiro atoms. The SMILES string of the molecule is COc1ncc(-c2sc(NC(=O)CC3CCOCC3)nc2C)cc1S(=O)(=O)Nc1ccc(Cl)cc1Cl. The molecule has 9 nitrogen and oxygen atoms in total. The molecule has 1 aliphatic heterocycles. The average molecular weight is 572 g/mol. The lowest BCUT2D eigenvalue weighted by Gasteiger charge is -2.20. The van der Waals surface area contributed by atoms with Crippen LogP contribution in [0.1, 0.15) is 25.0 Å². The molecule has 36 heavy (non-hydrogen) atoms. The highest BCUT2D eigenvalue weighted by Crippen LogP contribution is 2.36. The Balaban J connectivity index is 1.58. The van der Waals surface area contributed by atoms with Gasteiger partial charge in [-0.05, 0) is 49.9 Å². The van der Waals surface area contributed by atoms with Crippen molar-refractivity contribution >= 4 is 61.3 Å². The number of benzene rings is 1. The smallest absolute Gasteiger partial charge is 0.267 e. The molecule has 0 atom stereocenters. The van der Waals surface area contributed by atoms with E-state index in [-0.39, 0.29) is 27.4 Å². The van der Waals surface area contributed by atoms with Gasteiger partial charge in [0.1, 0.15) is 4.90 Å². The molecule has 0 unspecified atom stereocenters. The van der Waals surface area contributed by atoms with Crippen LogP contribution in [0, 0.1) is 12.8 Å². The predicted molar refractivity (Wildman–Crippen MR) is 141 cm³/mol. The Kier molecular flexibility index (Phi) is 8.36. The molecule has 192 valence electrons. The van der Waals surface area contributed by atoms with E-state index in [0.29, 0.717) is 51.8 Å². The first-order valence-electron chi connectivity index (χ1n) is 11.0. The summed E-state index contributed by atoms with van der Waals surface area (Å²) in [5, 5.41) is 3.82. The van der Waals surface area contributed by atoms with E-state index in [1.807, 2.05) is 0 Å². The predicted octanol–water partition coefficient (Wildman–Crippen LogP) is 5.38. The van der Waals surface area contributed by atoms with Gasteiger partial charge in [-0.25, -0.2) is 18.4 Å². The summed E-state index contributed by atoms with van der Waals surface area (Å²) in [6, 6.07) is 5.88. The number of halogens is 2. The average Bonchev–Trinajstić information content (AvgIpc) is 3.20. The van der Waals surface area contributed by atoms with E-state index in [2.05, 4.69) is 20.0 Å². The van der Waals surface area contributed by atoms with Crippen molar-refractivity contribution < 1.29 is 22.7 Å². The first-order valence-corrected chi connectivity index (χ1v) is 14.1. The molecule has 13 heteroatoms. The van der Waals surface area contributed by atoms with Crippen LogP contribution in [-0.2, 0) is 19.6 Å². The molecule has 2 aromatic heterocycles. The molecule has 1 aliphatic rings. The second kappa shape index (κ2) is 11.3. The van der Waals surface area contributed by atoms with Crippen LogP contribution in [0.25, 0.3) is 10.4 Å². The van der Waals surface area contributed by atoms with E-state index >= 15 is 0 Å². The largest absolute Gasteiger partial charge is 0.480 e. The molecule has 3 heterocycles. The molecule has 4 rings (SSSR count). The fourth-order valence-corrected chi connectivity index (χ4v) is 6.48. The second-order valence-electron chi connectivity index (χ2n) is 8.20. The van der Waals surface area contributed by atoms with Gasteiger partial charge in [-0.1, -0.05) is 34.5 Å². The zero-order valence-corrected chi connectivity index (χ0v) is 22.7. The monoisotopic (exact) mass is 570 g/mol. The Bertz CT molecular complexity index is 1370. The number of hydrogen-bond acceptors (Lipinski definition) is 8. The molecule has 0 bridgehead atoms. The molecule has 2 N–H and O–H groups in total. The van der Waals surface area contributed by atoms with Gasteiger partial charge in [0.05, 0.1) is 28.4 Å². The minimum Gasteiger partial charge on any atom is -0.480 e. The molecule has 1 amide bonds. The Morgan fingerprint density at radius 1 is 1.25 bits per heavy atom. The molecule has 0 saturated carbocycles. The van der Waals surface area contributed by atoms with Gasteiger partial charge in [0.15, 0.2) is 5.13 Å². The minimum atomic E-state index is -4.12. The number of carbonyl (C=O) groups excluding carboxylic acids is 1. The number of sulfonamides is 1. The van der Waals surface area contributed by atoms with Gasteiger partial charge in [-0.3, -0.25) is 9.52 Å². The van der Waals surface area contributed by atoms with Crippen LogP contribution in [0.15, 0.2) is 35.4 Å². The number of nitrogens with zero attached hydrogens (tertiary/aromatic N) is 2. The lowest BCUT2D eigenvalue weighted by atomic mass is 9.96. The van der Waals surface area contributed by atoms with Crippen molar-refractivity contribution in [3.05, 3.63) is 46.2 Å². The number of pyridine rings is 1. The fourth-order valence-electron chi connectivity index (χ4n) is 3.77. The summed E-state index contributed by atoms with van der Waals surface area (Å²) < 4.78 is 39.5. The maximum atomic E-state index is 13.2. The van der Waals surface area contributed by atoms with Crippen molar-refractivity contribution in [3.63, 3.8) is 0 Å². The lowest BCUT2D eigenvalue weighted by Crippen LogP contribution is -2.22. The Hall–Kier alpha value is -2.44. The van der Waals surface area contributed by atoms with E-state index in [1.165, 1.54) is 48.9 Å². The summed E-state index contributed by atoms with van der Waals surface area (Å²) >= 11 is 13.3. The number of thiazole rings is 1. The van der Waals surface area contributed by atoms with Gasteiger partial charge in [-0.15, -0.1) is 0 Å². The highest BCUT2D eigenvalue weighted by Gasteiger charge is 2.25. The first-order chi connectivity index (χ1) is 17.2. The molecular formula is C23H24Cl2N4O5S2. The number of amides is 1. The third kappa shape index (κ3) is 6.27. The summed E-state index contributed by atoms with van der Waals surface area (Å²) in [4.78, 5) is 21.6. The van der Waals surface area contributed by atoms with Crippen LogP contribution in [0.5, 0.6) is 5.88 Å². The number of aryl methyl sites for hydroxylation is 1. The van der Waals surface area contributed by atoms with Crippen molar-refractivity contribution in [2.24, 2.45) is 5.92 Å². The molecule has 0 aliphatic carbocycles. The number of anilines is 2. The molecular weight excluding hydrogens is 547 g/mol. The van der Waals surface area contributed by atoms with E-state index in [1.54, 1.807) is 6.92 Å². The molecule has 1 aromatic carbocycles. The Morgan fingerprint density at radius 2 is 2.00 bits per heavy atom. The fraction of sp³-hybridized carbons (Fsp3) is 0.348. The van der Waals surface area contributed by atoms with Crippen LogP contribution in [0.2, 0.25) is 10.0 Å². The van der Waals surface area contributed by atoms with Gasteiger partial charge >= 0.3 is 0 Å². The van der Waals surface area contributed by atoms with Gasteiger partial charge < -0.3 is 14.8 Å². The van der Waals surface area contributed by atoms with E-state index < -0.39 is 10.0 Å². The summed E-state index contributed by atoms with van der Waals surface area (Å²) in [6.45, 7) is 3.13. The zero-order chi connectivity index (χ0) is 25.9. The summed E-state index contributed by atoms with van der Waals surface area (Å²) in [5.41, 5.74) is 1.31. The number of nitrogens with one attached hydrogen (secondary N) is 2. The van der Waals surface area contributed by atoms with E-state index in [0.717, 1.165) is 12.8 Å². The second-order valence-corrected chi connectivity index (χ2v) is 11.7. The Morgan fingerprint density at radius 3 is 2.69 bits per heavy atom. The van der Waals surface area contributed by atoms with Gasteiger partial charge in [0.2, 0.25) is 11.8 Å². The van der Waals surface area contributed by atoms with Gasteiger partial charge in [-0.2, -0.15) is 0 Å². The van der Waals surface area contributed by atoms with Gasteiger partial charge in [0, 0.05) is 36.4 Å². The van der Waals surface area contributed by atoms with Crippen molar-refractivity contribution in [1.82, 2.24) is 9.97 Å². The van der Waals surface area contributed by atoms with Crippen LogP contribution in [-0.4, -0.2) is 44.6 Å². The number of rotatable bonds is 8. The normalized spacial score (nSPS) is 14.4. The summed E-state index contributed by atoms with van der Waals surface area (Å²) in [5.74, 6) is 0.102. The van der Waals surface area contributed by atoms with E-state index in [9.17, 15) is 13.2 Å². The number of carbonyl (C=O) groups is 1. The quantitative estimate of drug-likeness (QED) is 0.372. The van der Waals surface area contributed by atoms with E-state index in [4.69, 9.17) is 32.7 Å². The topological polar surface area (TPSA) is 120 Å². The molecule has 1 fully saturated rings. The van der Waals surface area contributed by atoms with Crippen molar-refractivity contribution in [3.8, 4) is 16.3 Å². The number of hydrogen-bond donors (Lipinski definition) is 2. The van der Waals surface area contributed by atoms with Crippen LogP contribution in [0.4, 0.5) is 10.8 Å². The zero-order valence-electron chi connectivity index (χ0n) is 19.5. The first kappa shape index (κ1) is 26.6. The number of methoxy groups -OCH3 is 1. The maximum absolute atomic E-state index is 13.2. The Labute approximate surface area is 223 Å². The highest BCUT2D eigenvalue weighted by molar-refractivity contribution is 7.92. The summed E-state index contributed by atoms with van der Waals surface area (Å²) in [7, 11) is -2.79. The third-order valence-electron chi connectivity index (χ3n) is 5.60. The van der Waals surface area contributed by atoms with Crippen LogP contribution in [0.3, 0.4) is 0 Å². The maximum Gasteiger partial charge on any atom is 0.267 e. The van der Waals surface area contributed by atoms with Crippen LogP contribution < -0.4 is 14.8 Å². The molecule has 3 aromatic rings. The van der Waals surface area contributed by atoms with Crippen molar-refractivity contribution in [1.29, 1.82) is 0 Å². The molecule has 1 saturated heterocycles. The molecule has 0 radical (unpaired) electrons. The standard InChI is InChI=1S/C23H24Cl2N4O5S2/c1-13-21(35-23(27-13)28-20(30)9-14-5-7-34-8-6-14)15-10-19(22(33-2)26-12-15)36(31,32)29-18-4-3-16(24)11-17(18)25/h3-4,10-12,14,29H,5-9H2,1-2H3,(H,27,28,30). The third-order valence-corrected chi connectivity index (χ3v) is 8.63.